The molecule has 2 fully saturated rings. The molecule has 1 aromatic rings. The molecule has 0 atom stereocenters. The van der Waals surface area contributed by atoms with Gasteiger partial charge in [-0.05, 0) is 51.8 Å². The number of benzene rings is 1. The maximum Gasteiger partial charge on any atom is 0.410 e. The van der Waals surface area contributed by atoms with E-state index in [1.165, 1.54) is 11.3 Å². The normalized spacial score (nSPS) is 21.5. The van der Waals surface area contributed by atoms with Crippen LogP contribution in [0.3, 0.4) is 0 Å². The first kappa shape index (κ1) is 15.6. The maximum absolute atomic E-state index is 12.2. The molecule has 2 heterocycles. The van der Waals surface area contributed by atoms with E-state index in [-0.39, 0.29) is 11.6 Å². The highest BCUT2D eigenvalue weighted by Gasteiger charge is 2.51. The van der Waals surface area contributed by atoms with Gasteiger partial charge in [-0.1, -0.05) is 0 Å². The summed E-state index contributed by atoms with van der Waals surface area (Å²) in [6, 6.07) is 6.39. The summed E-state index contributed by atoms with van der Waals surface area (Å²) in [5.74, 6) is 0.948. The van der Waals surface area contributed by atoms with Gasteiger partial charge in [-0.2, -0.15) is 0 Å². The Labute approximate surface area is 142 Å². The van der Waals surface area contributed by atoms with E-state index in [9.17, 15) is 4.79 Å². The molecule has 6 heteroatoms. The first-order valence-electron chi connectivity index (χ1n) is 8.68. The standard InChI is InChI=1S/C18H25N3O3/c1-17(2,3)23-16(22)21-10-8-20(9-11-21)13-4-5-15-14(12-13)18(6-7-18)19-24-15/h4-5,12,19H,6-11H2,1-3H3. The monoisotopic (exact) mass is 331 g/mol. The van der Waals surface area contributed by atoms with Crippen LogP contribution in [-0.2, 0) is 10.3 Å². The summed E-state index contributed by atoms with van der Waals surface area (Å²) in [4.78, 5) is 21.9. The van der Waals surface area contributed by atoms with Gasteiger partial charge in [0.2, 0.25) is 0 Å². The Bertz CT molecular complexity index is 656. The van der Waals surface area contributed by atoms with Gasteiger partial charge in [-0.3, -0.25) is 0 Å². The topological polar surface area (TPSA) is 54.0 Å². The van der Waals surface area contributed by atoms with Crippen LogP contribution in [0.5, 0.6) is 5.75 Å². The van der Waals surface area contributed by atoms with Crippen molar-refractivity contribution in [3.63, 3.8) is 0 Å². The van der Waals surface area contributed by atoms with Crippen LogP contribution >= 0.6 is 0 Å². The molecule has 0 aromatic heterocycles. The third-order valence-corrected chi connectivity index (χ3v) is 4.88. The highest BCUT2D eigenvalue weighted by Crippen LogP contribution is 2.53. The second-order valence-corrected chi connectivity index (χ2v) is 7.92. The van der Waals surface area contributed by atoms with Crippen LogP contribution < -0.4 is 15.2 Å². The zero-order chi connectivity index (χ0) is 16.9. The Hall–Kier alpha value is -1.95. The molecule has 4 rings (SSSR count). The molecule has 1 aromatic carbocycles. The highest BCUT2D eigenvalue weighted by molar-refractivity contribution is 5.69. The summed E-state index contributed by atoms with van der Waals surface area (Å²) in [6.45, 7) is 8.71. The number of ether oxygens (including phenoxy) is 1. The van der Waals surface area contributed by atoms with Gasteiger partial charge in [0.1, 0.15) is 5.60 Å². The van der Waals surface area contributed by atoms with Gasteiger partial charge in [-0.25, -0.2) is 4.79 Å². The number of rotatable bonds is 1. The van der Waals surface area contributed by atoms with E-state index in [4.69, 9.17) is 9.57 Å². The van der Waals surface area contributed by atoms with Gasteiger partial charge in [0.05, 0.1) is 5.54 Å². The van der Waals surface area contributed by atoms with Crippen molar-refractivity contribution in [1.29, 1.82) is 0 Å². The smallest absolute Gasteiger partial charge is 0.410 e. The van der Waals surface area contributed by atoms with Gasteiger partial charge in [0.15, 0.2) is 5.75 Å². The zero-order valence-electron chi connectivity index (χ0n) is 14.6. The lowest BCUT2D eigenvalue weighted by atomic mass is 10.0. The number of hydroxylamine groups is 1. The molecule has 1 amide bonds. The molecule has 0 bridgehead atoms. The zero-order valence-corrected chi connectivity index (χ0v) is 14.6. The molecule has 24 heavy (non-hydrogen) atoms. The van der Waals surface area contributed by atoms with E-state index in [0.29, 0.717) is 13.1 Å². The van der Waals surface area contributed by atoms with Crippen LogP contribution in [0.25, 0.3) is 0 Å². The number of carbonyl (C=O) groups is 1. The average Bonchev–Trinajstić information content (AvgIpc) is 3.23. The van der Waals surface area contributed by atoms with Crippen molar-refractivity contribution < 1.29 is 14.4 Å². The van der Waals surface area contributed by atoms with Crippen LogP contribution in [0, 0.1) is 0 Å². The minimum atomic E-state index is -0.445. The Morgan fingerprint density at radius 2 is 1.92 bits per heavy atom. The maximum atomic E-state index is 12.2. The van der Waals surface area contributed by atoms with Crippen molar-refractivity contribution in [2.24, 2.45) is 0 Å². The second kappa shape index (κ2) is 5.28. The molecule has 6 nitrogen and oxygen atoms in total. The van der Waals surface area contributed by atoms with Crippen molar-refractivity contribution in [3.05, 3.63) is 23.8 Å². The fraction of sp³-hybridized carbons (Fsp3) is 0.611. The number of piperazine rings is 1. The molecular formula is C18H25N3O3. The predicted octanol–water partition coefficient (Wildman–Crippen LogP) is 2.63. The molecule has 1 saturated carbocycles. The summed E-state index contributed by atoms with van der Waals surface area (Å²) in [7, 11) is 0. The van der Waals surface area contributed by atoms with E-state index in [0.717, 1.165) is 31.7 Å². The molecular weight excluding hydrogens is 306 g/mol. The first-order valence-corrected chi connectivity index (χ1v) is 8.68. The van der Waals surface area contributed by atoms with Crippen LogP contribution in [-0.4, -0.2) is 42.8 Å². The van der Waals surface area contributed by atoms with Crippen molar-refractivity contribution in [2.45, 2.75) is 44.8 Å². The lowest BCUT2D eigenvalue weighted by Gasteiger charge is -2.36. The van der Waals surface area contributed by atoms with E-state index < -0.39 is 5.60 Å². The van der Waals surface area contributed by atoms with E-state index in [1.807, 2.05) is 26.8 Å². The van der Waals surface area contributed by atoms with Gasteiger partial charge in [0.25, 0.3) is 0 Å². The van der Waals surface area contributed by atoms with Crippen LogP contribution in [0.15, 0.2) is 18.2 Å². The molecule has 1 spiro atoms. The van der Waals surface area contributed by atoms with Gasteiger partial charge in [-0.15, -0.1) is 5.48 Å². The summed E-state index contributed by atoms with van der Waals surface area (Å²) in [5.41, 5.74) is 5.25. The van der Waals surface area contributed by atoms with E-state index in [1.54, 1.807) is 4.90 Å². The molecule has 3 aliphatic rings. The summed E-state index contributed by atoms with van der Waals surface area (Å²) < 4.78 is 5.46. The molecule has 0 unspecified atom stereocenters. The van der Waals surface area contributed by atoms with Crippen molar-refractivity contribution in [2.75, 3.05) is 31.1 Å². The third kappa shape index (κ3) is 2.79. The molecule has 1 saturated heterocycles. The Morgan fingerprint density at radius 3 is 2.54 bits per heavy atom. The number of nitrogens with one attached hydrogen (secondary N) is 1. The minimum Gasteiger partial charge on any atom is -0.444 e. The second-order valence-electron chi connectivity index (χ2n) is 7.92. The van der Waals surface area contributed by atoms with E-state index in [2.05, 4.69) is 22.5 Å². The average molecular weight is 331 g/mol. The summed E-state index contributed by atoms with van der Waals surface area (Å²) in [6.07, 6.45) is 2.05. The summed E-state index contributed by atoms with van der Waals surface area (Å²) >= 11 is 0. The van der Waals surface area contributed by atoms with Crippen LogP contribution in [0.2, 0.25) is 0 Å². The Morgan fingerprint density at radius 1 is 1.21 bits per heavy atom. The molecule has 2 aliphatic heterocycles. The van der Waals surface area contributed by atoms with E-state index >= 15 is 0 Å². The largest absolute Gasteiger partial charge is 0.444 e. The van der Waals surface area contributed by atoms with Crippen LogP contribution in [0.1, 0.15) is 39.2 Å². The number of carbonyl (C=O) groups excluding carboxylic acids is 1. The number of anilines is 1. The van der Waals surface area contributed by atoms with Crippen molar-refractivity contribution >= 4 is 11.8 Å². The fourth-order valence-corrected chi connectivity index (χ4v) is 3.36. The number of fused-ring (bicyclic) bond motifs is 2. The quantitative estimate of drug-likeness (QED) is 0.857. The number of nitrogens with zero attached hydrogens (tertiary/aromatic N) is 2. The Kier molecular flexibility index (Phi) is 3.42. The molecule has 0 radical (unpaired) electrons. The lowest BCUT2D eigenvalue weighted by Crippen LogP contribution is -2.50. The minimum absolute atomic E-state index is 0.0592. The number of hydrogen-bond donors (Lipinski definition) is 1. The number of amides is 1. The predicted molar refractivity (Wildman–Crippen MR) is 91.1 cm³/mol. The van der Waals surface area contributed by atoms with Gasteiger partial charge in [0, 0.05) is 37.4 Å². The summed E-state index contributed by atoms with van der Waals surface area (Å²) in [5, 5.41) is 0. The SMILES string of the molecule is CC(C)(C)OC(=O)N1CCN(c2ccc3c(c2)C2(CC2)NO3)CC1. The van der Waals surface area contributed by atoms with Crippen molar-refractivity contribution in [3.8, 4) is 5.75 Å². The number of hydrogen-bond acceptors (Lipinski definition) is 5. The molecule has 1 aliphatic carbocycles. The van der Waals surface area contributed by atoms with Gasteiger partial charge < -0.3 is 19.4 Å². The lowest BCUT2D eigenvalue weighted by molar-refractivity contribution is 0.0240. The highest BCUT2D eigenvalue weighted by atomic mass is 16.7. The fourth-order valence-electron chi connectivity index (χ4n) is 3.36. The van der Waals surface area contributed by atoms with Crippen molar-refractivity contribution in [1.82, 2.24) is 10.4 Å². The molecule has 130 valence electrons. The van der Waals surface area contributed by atoms with Gasteiger partial charge >= 0.3 is 6.09 Å². The molecule has 1 N–H and O–H groups in total. The Balaban J connectivity index is 1.41. The van der Waals surface area contributed by atoms with Crippen LogP contribution in [0.4, 0.5) is 10.5 Å². The first-order chi connectivity index (χ1) is 11.4. The third-order valence-electron chi connectivity index (χ3n) is 4.88.